The highest BCUT2D eigenvalue weighted by Crippen LogP contribution is 2.18. The Bertz CT molecular complexity index is 401. The Hall–Kier alpha value is -1.43. The van der Waals surface area contributed by atoms with Gasteiger partial charge in [0.1, 0.15) is 12.3 Å². The monoisotopic (exact) mass is 312 g/mol. The first-order chi connectivity index (χ1) is 10.3. The van der Waals surface area contributed by atoms with Gasteiger partial charge < -0.3 is 14.9 Å². The van der Waals surface area contributed by atoms with Crippen LogP contribution in [0.2, 0.25) is 0 Å². The van der Waals surface area contributed by atoms with Crippen LogP contribution >= 0.6 is 0 Å². The van der Waals surface area contributed by atoms with Crippen molar-refractivity contribution in [2.24, 2.45) is 5.92 Å². The first-order valence-corrected chi connectivity index (χ1v) is 8.11. The number of likely N-dealkylation sites (tertiary alicyclic amines) is 1. The molecule has 0 unspecified atom stereocenters. The summed E-state index contributed by atoms with van der Waals surface area (Å²) in [7, 11) is 0. The zero-order chi connectivity index (χ0) is 16.7. The van der Waals surface area contributed by atoms with Crippen LogP contribution in [-0.4, -0.2) is 64.8 Å². The summed E-state index contributed by atoms with van der Waals surface area (Å²) in [6.07, 6.45) is 1.90. The van der Waals surface area contributed by atoms with E-state index < -0.39 is 5.97 Å². The number of aliphatic carboxylic acids is 1. The highest BCUT2D eigenvalue weighted by atomic mass is 16.4. The van der Waals surface area contributed by atoms with Gasteiger partial charge in [-0.2, -0.15) is 0 Å². The fraction of sp³-hybridized carbons (Fsp3) is 0.812. The van der Waals surface area contributed by atoms with Gasteiger partial charge in [-0.3, -0.25) is 14.4 Å². The quantitative estimate of drug-likeness (QED) is 0.733. The van der Waals surface area contributed by atoms with Gasteiger partial charge in [0, 0.05) is 37.9 Å². The summed E-state index contributed by atoms with van der Waals surface area (Å²) >= 11 is 0. The number of rotatable bonds is 8. The van der Waals surface area contributed by atoms with Crippen LogP contribution in [0, 0.1) is 5.92 Å². The molecule has 1 rings (SSSR count). The Morgan fingerprint density at radius 1 is 1.18 bits per heavy atom. The second-order valence-corrected chi connectivity index (χ2v) is 6.20. The number of hydrogen-bond acceptors (Lipinski definition) is 4. The normalized spacial score (nSPS) is 16.7. The van der Waals surface area contributed by atoms with E-state index in [0.717, 1.165) is 32.5 Å². The Balaban J connectivity index is 2.61. The molecule has 1 heterocycles. The van der Waals surface area contributed by atoms with Gasteiger partial charge in [0.2, 0.25) is 5.91 Å². The Kier molecular flexibility index (Phi) is 7.51. The minimum absolute atomic E-state index is 0.0273. The average Bonchev–Trinajstić information content (AvgIpc) is 2.49. The van der Waals surface area contributed by atoms with E-state index >= 15 is 0 Å². The third-order valence-electron chi connectivity index (χ3n) is 4.30. The molecule has 6 heteroatoms. The van der Waals surface area contributed by atoms with Gasteiger partial charge in [-0.25, -0.2) is 0 Å². The van der Waals surface area contributed by atoms with Crippen molar-refractivity contribution in [1.29, 1.82) is 0 Å². The average molecular weight is 312 g/mol. The number of hydrogen-bond donors (Lipinski definition) is 1. The minimum atomic E-state index is -0.999. The zero-order valence-corrected chi connectivity index (χ0v) is 13.9. The third-order valence-corrected chi connectivity index (χ3v) is 4.30. The van der Waals surface area contributed by atoms with E-state index in [1.165, 1.54) is 4.90 Å². The second-order valence-electron chi connectivity index (χ2n) is 6.20. The first kappa shape index (κ1) is 18.6. The number of Topliss-reactive ketones (excluding diaryl/α,β-unsaturated/α-hetero) is 1. The van der Waals surface area contributed by atoms with Crippen molar-refractivity contribution in [2.45, 2.75) is 52.5 Å². The van der Waals surface area contributed by atoms with Crippen LogP contribution in [-0.2, 0) is 14.4 Å². The molecule has 22 heavy (non-hydrogen) atoms. The van der Waals surface area contributed by atoms with Crippen molar-refractivity contribution in [3.63, 3.8) is 0 Å². The molecule has 1 saturated heterocycles. The summed E-state index contributed by atoms with van der Waals surface area (Å²) in [5.41, 5.74) is 0. The van der Waals surface area contributed by atoms with Crippen LogP contribution in [0.1, 0.15) is 46.5 Å². The largest absolute Gasteiger partial charge is 0.480 e. The SMILES string of the molecule is CCN1CCC(N(CC(=O)O)C(=O)CCC(=O)C(C)C)CC1. The highest BCUT2D eigenvalue weighted by molar-refractivity contribution is 5.87. The summed E-state index contributed by atoms with van der Waals surface area (Å²) < 4.78 is 0. The summed E-state index contributed by atoms with van der Waals surface area (Å²) in [5.74, 6) is -1.26. The van der Waals surface area contributed by atoms with E-state index in [0.29, 0.717) is 0 Å². The van der Waals surface area contributed by atoms with Crippen LogP contribution in [0.25, 0.3) is 0 Å². The van der Waals surface area contributed by atoms with Crippen LogP contribution in [0.5, 0.6) is 0 Å². The molecule has 1 aliphatic heterocycles. The number of ketones is 1. The number of carboxylic acid groups (broad SMARTS) is 1. The van der Waals surface area contributed by atoms with E-state index in [4.69, 9.17) is 5.11 Å². The summed E-state index contributed by atoms with van der Waals surface area (Å²) in [4.78, 5) is 38.8. The fourth-order valence-corrected chi connectivity index (χ4v) is 2.78. The van der Waals surface area contributed by atoms with E-state index in [-0.39, 0.29) is 43.0 Å². The van der Waals surface area contributed by atoms with Crippen LogP contribution in [0.15, 0.2) is 0 Å². The van der Waals surface area contributed by atoms with Crippen molar-refractivity contribution in [2.75, 3.05) is 26.2 Å². The molecule has 0 radical (unpaired) electrons. The van der Waals surface area contributed by atoms with Crippen molar-refractivity contribution < 1.29 is 19.5 Å². The molecule has 6 nitrogen and oxygen atoms in total. The number of piperidine rings is 1. The third kappa shape index (κ3) is 5.75. The van der Waals surface area contributed by atoms with Gasteiger partial charge >= 0.3 is 5.97 Å². The Morgan fingerprint density at radius 3 is 2.23 bits per heavy atom. The Morgan fingerprint density at radius 2 is 1.77 bits per heavy atom. The summed E-state index contributed by atoms with van der Waals surface area (Å²) in [5, 5.41) is 9.06. The van der Waals surface area contributed by atoms with Crippen LogP contribution < -0.4 is 0 Å². The van der Waals surface area contributed by atoms with Crippen LogP contribution in [0.4, 0.5) is 0 Å². The lowest BCUT2D eigenvalue weighted by Gasteiger charge is -2.37. The van der Waals surface area contributed by atoms with Gasteiger partial charge in [0.25, 0.3) is 0 Å². The molecule has 1 N–H and O–H groups in total. The van der Waals surface area contributed by atoms with E-state index in [2.05, 4.69) is 11.8 Å². The predicted octanol–water partition coefficient (Wildman–Crippen LogP) is 1.39. The number of carbonyl (C=O) groups excluding carboxylic acids is 2. The van der Waals surface area contributed by atoms with Crippen molar-refractivity contribution >= 4 is 17.7 Å². The molecule has 0 spiro atoms. The van der Waals surface area contributed by atoms with Crippen molar-refractivity contribution in [3.8, 4) is 0 Å². The summed E-state index contributed by atoms with van der Waals surface area (Å²) in [6.45, 7) is 8.18. The lowest BCUT2D eigenvalue weighted by Crippen LogP contribution is -2.49. The number of nitrogens with zero attached hydrogens (tertiary/aromatic N) is 2. The first-order valence-electron chi connectivity index (χ1n) is 8.11. The van der Waals surface area contributed by atoms with Gasteiger partial charge in [0.05, 0.1) is 0 Å². The second kappa shape index (κ2) is 8.88. The molecule has 0 aromatic rings. The number of carboxylic acids is 1. The van der Waals surface area contributed by atoms with E-state index in [1.807, 2.05) is 13.8 Å². The molecule has 1 aliphatic rings. The fourth-order valence-electron chi connectivity index (χ4n) is 2.78. The van der Waals surface area contributed by atoms with Crippen LogP contribution in [0.3, 0.4) is 0 Å². The maximum absolute atomic E-state index is 12.4. The topological polar surface area (TPSA) is 77.9 Å². The number of carbonyl (C=O) groups is 3. The highest BCUT2D eigenvalue weighted by Gasteiger charge is 2.29. The molecule has 0 aromatic carbocycles. The van der Waals surface area contributed by atoms with Gasteiger partial charge in [-0.15, -0.1) is 0 Å². The smallest absolute Gasteiger partial charge is 0.323 e. The molecule has 0 aliphatic carbocycles. The van der Waals surface area contributed by atoms with Gasteiger partial charge in [-0.1, -0.05) is 20.8 Å². The molecular formula is C16H28N2O4. The molecule has 1 fully saturated rings. The van der Waals surface area contributed by atoms with Crippen molar-refractivity contribution in [3.05, 3.63) is 0 Å². The molecule has 0 aromatic heterocycles. The maximum Gasteiger partial charge on any atom is 0.323 e. The molecule has 0 saturated carbocycles. The predicted molar refractivity (Wildman–Crippen MR) is 83.6 cm³/mol. The van der Waals surface area contributed by atoms with E-state index in [9.17, 15) is 14.4 Å². The lowest BCUT2D eigenvalue weighted by atomic mass is 10.0. The zero-order valence-electron chi connectivity index (χ0n) is 13.9. The molecule has 1 amide bonds. The minimum Gasteiger partial charge on any atom is -0.480 e. The standard InChI is InChI=1S/C16H28N2O4/c1-4-17-9-7-13(8-10-17)18(11-16(21)22)15(20)6-5-14(19)12(2)3/h12-13H,4-11H2,1-3H3,(H,21,22). The van der Waals surface area contributed by atoms with Gasteiger partial charge in [0.15, 0.2) is 0 Å². The molecule has 126 valence electrons. The molecular weight excluding hydrogens is 284 g/mol. The summed E-state index contributed by atoms with van der Waals surface area (Å²) in [6, 6.07) is -0.0273. The number of amides is 1. The van der Waals surface area contributed by atoms with Crippen molar-refractivity contribution in [1.82, 2.24) is 9.80 Å². The molecule has 0 bridgehead atoms. The maximum atomic E-state index is 12.4. The van der Waals surface area contributed by atoms with Gasteiger partial charge in [-0.05, 0) is 19.4 Å². The van der Waals surface area contributed by atoms with E-state index in [1.54, 1.807) is 0 Å². The Labute approximate surface area is 132 Å². The lowest BCUT2D eigenvalue weighted by molar-refractivity contribution is -0.147. The molecule has 0 atom stereocenters.